The van der Waals surface area contributed by atoms with Crippen LogP contribution in [-0.2, 0) is 9.47 Å². The largest absolute Gasteiger partial charge is 0.444 e. The van der Waals surface area contributed by atoms with Gasteiger partial charge in [0.2, 0.25) is 0 Å². The Hall–Kier alpha value is -0.850. The molecule has 0 radical (unpaired) electrons. The topological polar surface area (TPSA) is 62.2 Å². The number of carbonyl (C=O) groups excluding carboxylic acids is 1. The maximum atomic E-state index is 11.9. The molecule has 1 aliphatic rings. The van der Waals surface area contributed by atoms with E-state index in [-0.39, 0.29) is 12.7 Å². The highest BCUT2D eigenvalue weighted by atomic mass is 16.6. The first-order valence-electron chi connectivity index (χ1n) is 9.17. The number of ether oxygens (including phenoxy) is 2. The van der Waals surface area contributed by atoms with Gasteiger partial charge in [-0.3, -0.25) is 0 Å². The zero-order chi connectivity index (χ0) is 18.0. The quantitative estimate of drug-likeness (QED) is 0.651. The van der Waals surface area contributed by atoms with Crippen molar-refractivity contribution in [1.82, 2.24) is 9.80 Å². The third kappa shape index (κ3) is 9.45. The molecule has 0 aliphatic carbocycles. The van der Waals surface area contributed by atoms with Crippen LogP contribution in [0.1, 0.15) is 46.5 Å². The monoisotopic (exact) mass is 344 g/mol. The molecule has 0 aromatic rings. The molecule has 1 rings (SSSR count). The lowest BCUT2D eigenvalue weighted by Crippen LogP contribution is -2.37. The van der Waals surface area contributed by atoms with Crippen molar-refractivity contribution in [2.75, 3.05) is 53.0 Å². The molecule has 6 nitrogen and oxygen atoms in total. The van der Waals surface area contributed by atoms with Crippen molar-refractivity contribution >= 4 is 6.09 Å². The van der Waals surface area contributed by atoms with Gasteiger partial charge in [-0.25, -0.2) is 4.79 Å². The summed E-state index contributed by atoms with van der Waals surface area (Å²) < 4.78 is 10.7. The number of hydrogen-bond donors (Lipinski definition) is 1. The number of amides is 1. The van der Waals surface area contributed by atoms with E-state index in [1.807, 2.05) is 27.8 Å². The van der Waals surface area contributed by atoms with Crippen molar-refractivity contribution in [2.24, 2.45) is 5.92 Å². The first kappa shape index (κ1) is 21.2. The van der Waals surface area contributed by atoms with Crippen molar-refractivity contribution in [1.29, 1.82) is 0 Å². The van der Waals surface area contributed by atoms with Crippen molar-refractivity contribution in [2.45, 2.75) is 52.1 Å². The Labute approximate surface area is 147 Å². The van der Waals surface area contributed by atoms with Crippen LogP contribution >= 0.6 is 0 Å². The summed E-state index contributed by atoms with van der Waals surface area (Å²) in [6, 6.07) is 0. The van der Waals surface area contributed by atoms with Gasteiger partial charge < -0.3 is 24.4 Å². The summed E-state index contributed by atoms with van der Waals surface area (Å²) in [5, 5.41) is 8.68. The second-order valence-corrected chi connectivity index (χ2v) is 7.67. The number of hydrogen-bond acceptors (Lipinski definition) is 5. The zero-order valence-corrected chi connectivity index (χ0v) is 15.9. The van der Waals surface area contributed by atoms with Crippen LogP contribution in [0.2, 0.25) is 0 Å². The average Bonchev–Trinajstić information content (AvgIpc) is 2.51. The van der Waals surface area contributed by atoms with Crippen LogP contribution in [0.5, 0.6) is 0 Å². The molecule has 0 aromatic carbocycles. The van der Waals surface area contributed by atoms with E-state index in [9.17, 15) is 4.79 Å². The molecule has 24 heavy (non-hydrogen) atoms. The molecule has 1 fully saturated rings. The molecule has 1 heterocycles. The van der Waals surface area contributed by atoms with Gasteiger partial charge in [-0.05, 0) is 65.5 Å². The number of aliphatic hydroxyl groups excluding tert-OH is 1. The van der Waals surface area contributed by atoms with Crippen LogP contribution in [0, 0.1) is 5.92 Å². The molecular formula is C18H36N2O4. The molecule has 6 heteroatoms. The zero-order valence-electron chi connectivity index (χ0n) is 15.9. The van der Waals surface area contributed by atoms with E-state index in [2.05, 4.69) is 4.90 Å². The van der Waals surface area contributed by atoms with Gasteiger partial charge in [0.25, 0.3) is 0 Å². The Morgan fingerprint density at radius 1 is 1.25 bits per heavy atom. The lowest BCUT2D eigenvalue weighted by Gasteiger charge is -2.32. The summed E-state index contributed by atoms with van der Waals surface area (Å²) in [6.45, 7) is 10.8. The summed E-state index contributed by atoms with van der Waals surface area (Å²) in [6.07, 6.45) is 4.40. The molecular weight excluding hydrogens is 308 g/mol. The maximum Gasteiger partial charge on any atom is 0.410 e. The summed E-state index contributed by atoms with van der Waals surface area (Å²) >= 11 is 0. The van der Waals surface area contributed by atoms with Crippen LogP contribution < -0.4 is 0 Å². The van der Waals surface area contributed by atoms with Gasteiger partial charge in [0.15, 0.2) is 0 Å². The average molecular weight is 344 g/mol. The fourth-order valence-corrected chi connectivity index (χ4v) is 2.91. The second-order valence-electron chi connectivity index (χ2n) is 7.67. The molecule has 1 saturated heterocycles. The summed E-state index contributed by atoms with van der Waals surface area (Å²) in [5.74, 6) is 0.756. The van der Waals surface area contributed by atoms with Crippen LogP contribution in [0.4, 0.5) is 4.79 Å². The molecule has 1 amide bonds. The number of nitrogens with zero attached hydrogens (tertiary/aromatic N) is 2. The van der Waals surface area contributed by atoms with Gasteiger partial charge >= 0.3 is 6.09 Å². The van der Waals surface area contributed by atoms with Crippen molar-refractivity contribution in [3.8, 4) is 0 Å². The van der Waals surface area contributed by atoms with Gasteiger partial charge in [-0.15, -0.1) is 0 Å². The van der Waals surface area contributed by atoms with Crippen LogP contribution in [0.3, 0.4) is 0 Å². The van der Waals surface area contributed by atoms with E-state index < -0.39 is 5.60 Å². The summed E-state index contributed by atoms with van der Waals surface area (Å²) in [5.41, 5.74) is -0.431. The Morgan fingerprint density at radius 2 is 1.92 bits per heavy atom. The van der Waals surface area contributed by atoms with Gasteiger partial charge in [0.05, 0.1) is 19.8 Å². The van der Waals surface area contributed by atoms with Gasteiger partial charge in [-0.2, -0.15) is 0 Å². The summed E-state index contributed by atoms with van der Waals surface area (Å²) in [4.78, 5) is 16.0. The number of aliphatic hydroxyl groups is 1. The lowest BCUT2D eigenvalue weighted by atomic mass is 9.92. The van der Waals surface area contributed by atoms with E-state index in [1.54, 1.807) is 4.90 Å². The molecule has 0 spiro atoms. The Bertz CT molecular complexity index is 349. The molecule has 0 bridgehead atoms. The Morgan fingerprint density at radius 3 is 2.50 bits per heavy atom. The SMILES string of the molecule is CN(CCCC1CCN(CCOCCO)CC1)C(=O)OC(C)(C)C. The minimum Gasteiger partial charge on any atom is -0.444 e. The first-order chi connectivity index (χ1) is 11.3. The molecule has 0 aromatic heterocycles. The predicted molar refractivity (Wildman–Crippen MR) is 95.2 cm³/mol. The van der Waals surface area contributed by atoms with E-state index >= 15 is 0 Å². The highest BCUT2D eigenvalue weighted by Crippen LogP contribution is 2.22. The van der Waals surface area contributed by atoms with Gasteiger partial charge in [0, 0.05) is 20.1 Å². The van der Waals surface area contributed by atoms with E-state index in [0.717, 1.165) is 38.5 Å². The number of likely N-dealkylation sites (tertiary alicyclic amines) is 1. The van der Waals surface area contributed by atoms with Crippen molar-refractivity contribution in [3.05, 3.63) is 0 Å². The Kier molecular flexibility index (Phi) is 9.63. The van der Waals surface area contributed by atoms with Gasteiger partial charge in [-0.1, -0.05) is 0 Å². The minimum absolute atomic E-state index is 0.0970. The molecule has 142 valence electrons. The first-order valence-corrected chi connectivity index (χ1v) is 9.17. The number of piperidine rings is 1. The van der Waals surface area contributed by atoms with Crippen LogP contribution in [-0.4, -0.2) is 79.6 Å². The number of carbonyl (C=O) groups is 1. The molecule has 0 atom stereocenters. The molecule has 0 unspecified atom stereocenters. The highest BCUT2D eigenvalue weighted by Gasteiger charge is 2.21. The third-order valence-corrected chi connectivity index (χ3v) is 4.31. The van der Waals surface area contributed by atoms with Crippen molar-refractivity contribution in [3.63, 3.8) is 0 Å². The fourth-order valence-electron chi connectivity index (χ4n) is 2.91. The smallest absolute Gasteiger partial charge is 0.410 e. The standard InChI is InChI=1S/C18H36N2O4/c1-18(2,3)24-17(22)19(4)9-5-6-16-7-10-20(11-8-16)12-14-23-15-13-21/h16,21H,5-15H2,1-4H3. The lowest BCUT2D eigenvalue weighted by molar-refractivity contribution is 0.0292. The summed E-state index contributed by atoms with van der Waals surface area (Å²) in [7, 11) is 1.81. The third-order valence-electron chi connectivity index (χ3n) is 4.31. The van der Waals surface area contributed by atoms with Gasteiger partial charge in [0.1, 0.15) is 5.60 Å². The highest BCUT2D eigenvalue weighted by molar-refractivity contribution is 5.67. The van der Waals surface area contributed by atoms with E-state index in [0.29, 0.717) is 13.2 Å². The normalized spacial score (nSPS) is 17.0. The maximum absolute atomic E-state index is 11.9. The molecule has 0 saturated carbocycles. The molecule has 1 N–H and O–H groups in total. The predicted octanol–water partition coefficient (Wildman–Crippen LogP) is 2.35. The fraction of sp³-hybridized carbons (Fsp3) is 0.944. The van der Waals surface area contributed by atoms with E-state index in [4.69, 9.17) is 14.6 Å². The van der Waals surface area contributed by atoms with E-state index in [1.165, 1.54) is 19.3 Å². The molecule has 1 aliphatic heterocycles. The number of rotatable bonds is 9. The second kappa shape index (κ2) is 10.9. The minimum atomic E-state index is -0.431. The Balaban J connectivity index is 2.10. The van der Waals surface area contributed by atoms with Crippen LogP contribution in [0.15, 0.2) is 0 Å². The van der Waals surface area contributed by atoms with Crippen molar-refractivity contribution < 1.29 is 19.4 Å². The van der Waals surface area contributed by atoms with Crippen LogP contribution in [0.25, 0.3) is 0 Å².